The van der Waals surface area contributed by atoms with Crippen molar-refractivity contribution in [3.8, 4) is 0 Å². The first-order chi connectivity index (χ1) is 9.10. The van der Waals surface area contributed by atoms with Gasteiger partial charge in [-0.15, -0.1) is 0 Å². The van der Waals surface area contributed by atoms with Crippen LogP contribution >= 0.6 is 0 Å². The van der Waals surface area contributed by atoms with Gasteiger partial charge in [0.05, 0.1) is 12.1 Å². The minimum Gasteiger partial charge on any atom is -0.399 e. The van der Waals surface area contributed by atoms with E-state index >= 15 is 0 Å². The van der Waals surface area contributed by atoms with Gasteiger partial charge in [-0.25, -0.2) is 4.39 Å². The summed E-state index contributed by atoms with van der Waals surface area (Å²) < 4.78 is 13.6. The molecule has 3 N–H and O–H groups in total. The number of anilines is 1. The second kappa shape index (κ2) is 5.90. The Labute approximate surface area is 117 Å². The van der Waals surface area contributed by atoms with Gasteiger partial charge in [0.2, 0.25) is 5.91 Å². The number of likely N-dealkylation sites (N-methyl/N-ethyl adjacent to an activating group) is 1. The predicted octanol–water partition coefficient (Wildman–Crippen LogP) is 1.39. The molecule has 2 amide bonds. The summed E-state index contributed by atoms with van der Waals surface area (Å²) in [6.45, 7) is 5.38. The molecule has 0 aliphatic carbocycles. The van der Waals surface area contributed by atoms with E-state index in [-0.39, 0.29) is 29.2 Å². The number of hydrogen-bond acceptors (Lipinski definition) is 3. The Morgan fingerprint density at radius 3 is 2.45 bits per heavy atom. The molecule has 0 heterocycles. The number of nitrogens with zero attached hydrogens (tertiary/aromatic N) is 1. The van der Waals surface area contributed by atoms with Gasteiger partial charge in [-0.2, -0.15) is 0 Å². The standard InChI is InChI=1S/C14H20FN3O2/c1-14(2,3)17-12(19)8-18(4)13(20)10-6-5-9(16)7-11(10)15/h5-7H,8,16H2,1-4H3,(H,17,19). The zero-order valence-electron chi connectivity index (χ0n) is 12.2. The van der Waals surface area contributed by atoms with Crippen LogP contribution in [0.4, 0.5) is 10.1 Å². The summed E-state index contributed by atoms with van der Waals surface area (Å²) in [5, 5.41) is 2.73. The van der Waals surface area contributed by atoms with Crippen LogP contribution in [-0.2, 0) is 4.79 Å². The third-order valence-electron chi connectivity index (χ3n) is 2.47. The highest BCUT2D eigenvalue weighted by molar-refractivity contribution is 5.96. The molecule has 0 aliphatic heterocycles. The van der Waals surface area contributed by atoms with Crippen molar-refractivity contribution in [2.75, 3.05) is 19.3 Å². The largest absolute Gasteiger partial charge is 0.399 e. The van der Waals surface area contributed by atoms with Crippen LogP contribution in [0.15, 0.2) is 18.2 Å². The fourth-order valence-electron chi connectivity index (χ4n) is 1.66. The first-order valence-corrected chi connectivity index (χ1v) is 6.21. The van der Waals surface area contributed by atoms with Crippen LogP contribution in [0.1, 0.15) is 31.1 Å². The molecule has 1 aromatic rings. The van der Waals surface area contributed by atoms with Crippen LogP contribution in [0.25, 0.3) is 0 Å². The first kappa shape index (κ1) is 15.9. The second-order valence-corrected chi connectivity index (χ2v) is 5.70. The van der Waals surface area contributed by atoms with E-state index in [9.17, 15) is 14.0 Å². The average molecular weight is 281 g/mol. The average Bonchev–Trinajstić information content (AvgIpc) is 2.25. The normalized spacial score (nSPS) is 11.1. The van der Waals surface area contributed by atoms with Crippen molar-refractivity contribution in [1.29, 1.82) is 0 Å². The summed E-state index contributed by atoms with van der Waals surface area (Å²) in [4.78, 5) is 24.9. The maximum Gasteiger partial charge on any atom is 0.257 e. The van der Waals surface area contributed by atoms with Gasteiger partial charge in [-0.1, -0.05) is 0 Å². The predicted molar refractivity (Wildman–Crippen MR) is 75.7 cm³/mol. The Hall–Kier alpha value is -2.11. The molecule has 0 aromatic heterocycles. The van der Waals surface area contributed by atoms with Crippen molar-refractivity contribution < 1.29 is 14.0 Å². The second-order valence-electron chi connectivity index (χ2n) is 5.70. The number of carbonyl (C=O) groups is 2. The van der Waals surface area contributed by atoms with Crippen molar-refractivity contribution in [3.63, 3.8) is 0 Å². The number of nitrogens with two attached hydrogens (primary N) is 1. The number of nitrogens with one attached hydrogen (secondary N) is 1. The zero-order valence-corrected chi connectivity index (χ0v) is 12.2. The molecule has 6 heteroatoms. The molecule has 20 heavy (non-hydrogen) atoms. The molecule has 110 valence electrons. The molecular weight excluding hydrogens is 261 g/mol. The van der Waals surface area contributed by atoms with Crippen molar-refractivity contribution in [2.24, 2.45) is 0 Å². The highest BCUT2D eigenvalue weighted by Crippen LogP contribution is 2.13. The molecule has 0 saturated heterocycles. The van der Waals surface area contributed by atoms with E-state index in [0.29, 0.717) is 0 Å². The van der Waals surface area contributed by atoms with Crippen molar-refractivity contribution in [2.45, 2.75) is 26.3 Å². The number of carbonyl (C=O) groups excluding carboxylic acids is 2. The minimum absolute atomic E-state index is 0.106. The topological polar surface area (TPSA) is 75.4 Å². The third kappa shape index (κ3) is 4.53. The fraction of sp³-hybridized carbons (Fsp3) is 0.429. The first-order valence-electron chi connectivity index (χ1n) is 6.21. The Morgan fingerprint density at radius 2 is 1.95 bits per heavy atom. The molecule has 0 bridgehead atoms. The molecule has 0 spiro atoms. The van der Waals surface area contributed by atoms with Gasteiger partial charge in [0.25, 0.3) is 5.91 Å². The summed E-state index contributed by atoms with van der Waals surface area (Å²) in [5.41, 5.74) is 5.18. The number of amides is 2. The lowest BCUT2D eigenvalue weighted by molar-refractivity contribution is -0.122. The van der Waals surface area contributed by atoms with Crippen LogP contribution in [0.3, 0.4) is 0 Å². The van der Waals surface area contributed by atoms with Gasteiger partial charge in [0, 0.05) is 18.3 Å². The number of hydrogen-bond donors (Lipinski definition) is 2. The van der Waals surface area contributed by atoms with Crippen LogP contribution in [0.2, 0.25) is 0 Å². The monoisotopic (exact) mass is 281 g/mol. The number of nitrogen functional groups attached to an aromatic ring is 1. The molecule has 0 aliphatic rings. The lowest BCUT2D eigenvalue weighted by Crippen LogP contribution is -2.46. The summed E-state index contributed by atoms with van der Waals surface area (Å²) >= 11 is 0. The molecule has 5 nitrogen and oxygen atoms in total. The number of benzene rings is 1. The van der Waals surface area contributed by atoms with Crippen molar-refractivity contribution in [3.05, 3.63) is 29.6 Å². The highest BCUT2D eigenvalue weighted by atomic mass is 19.1. The van der Waals surface area contributed by atoms with Crippen LogP contribution in [-0.4, -0.2) is 35.8 Å². The van der Waals surface area contributed by atoms with Gasteiger partial charge in [0.15, 0.2) is 0 Å². The van der Waals surface area contributed by atoms with E-state index in [1.165, 1.54) is 19.2 Å². The summed E-state index contributed by atoms with van der Waals surface area (Å²) in [5.74, 6) is -1.56. The Balaban J connectivity index is 2.75. The molecule has 1 aromatic carbocycles. The smallest absolute Gasteiger partial charge is 0.257 e. The van der Waals surface area contributed by atoms with E-state index < -0.39 is 11.7 Å². The molecule has 1 rings (SSSR count). The van der Waals surface area contributed by atoms with E-state index in [1.807, 2.05) is 20.8 Å². The maximum atomic E-state index is 13.6. The number of rotatable bonds is 3. The SMILES string of the molecule is CN(CC(=O)NC(C)(C)C)C(=O)c1ccc(N)cc1F. The van der Waals surface area contributed by atoms with E-state index in [1.54, 1.807) is 0 Å². The van der Waals surface area contributed by atoms with E-state index in [0.717, 1.165) is 11.0 Å². The summed E-state index contributed by atoms with van der Waals surface area (Å²) in [6, 6.07) is 3.83. The Kier molecular flexibility index (Phi) is 4.70. The lowest BCUT2D eigenvalue weighted by atomic mass is 10.1. The molecule has 0 fully saturated rings. The van der Waals surface area contributed by atoms with Gasteiger partial charge in [-0.3, -0.25) is 9.59 Å². The van der Waals surface area contributed by atoms with Gasteiger partial charge in [-0.05, 0) is 39.0 Å². The van der Waals surface area contributed by atoms with E-state index in [2.05, 4.69) is 5.32 Å². The molecule has 0 radical (unpaired) electrons. The molecule has 0 saturated carbocycles. The quantitative estimate of drug-likeness (QED) is 0.822. The van der Waals surface area contributed by atoms with Crippen LogP contribution < -0.4 is 11.1 Å². The van der Waals surface area contributed by atoms with Gasteiger partial charge in [0.1, 0.15) is 5.82 Å². The van der Waals surface area contributed by atoms with Crippen LogP contribution in [0, 0.1) is 5.82 Å². The van der Waals surface area contributed by atoms with Crippen molar-refractivity contribution >= 4 is 17.5 Å². The van der Waals surface area contributed by atoms with Crippen LogP contribution in [0.5, 0.6) is 0 Å². The molecule has 0 atom stereocenters. The minimum atomic E-state index is -0.696. The van der Waals surface area contributed by atoms with E-state index in [4.69, 9.17) is 5.73 Å². The molecule has 0 unspecified atom stereocenters. The summed E-state index contributed by atoms with van der Waals surface area (Å²) in [6.07, 6.45) is 0. The Bertz CT molecular complexity index is 524. The summed E-state index contributed by atoms with van der Waals surface area (Å²) in [7, 11) is 1.44. The maximum absolute atomic E-state index is 13.6. The lowest BCUT2D eigenvalue weighted by Gasteiger charge is -2.23. The number of halogens is 1. The van der Waals surface area contributed by atoms with Crippen molar-refractivity contribution in [1.82, 2.24) is 10.2 Å². The van der Waals surface area contributed by atoms with Gasteiger partial charge < -0.3 is 16.0 Å². The Morgan fingerprint density at radius 1 is 1.35 bits per heavy atom. The molecular formula is C14H20FN3O2. The highest BCUT2D eigenvalue weighted by Gasteiger charge is 2.20. The third-order valence-corrected chi connectivity index (χ3v) is 2.47. The fourth-order valence-corrected chi connectivity index (χ4v) is 1.66. The van der Waals surface area contributed by atoms with Gasteiger partial charge >= 0.3 is 0 Å². The zero-order chi connectivity index (χ0) is 15.5.